The van der Waals surface area contributed by atoms with Crippen LogP contribution in [0.25, 0.3) is 0 Å². The molecule has 0 aliphatic carbocycles. The third-order valence-corrected chi connectivity index (χ3v) is 4.79. The minimum absolute atomic E-state index is 0.0727. The average Bonchev–Trinajstić information content (AvgIpc) is 2.59. The normalized spacial score (nSPS) is 16.1. The topological polar surface area (TPSA) is 45.2 Å². The van der Waals surface area contributed by atoms with E-state index in [0.29, 0.717) is 10.7 Å². The predicted molar refractivity (Wildman–Crippen MR) is 96.2 cm³/mol. The highest BCUT2D eigenvalue weighted by Gasteiger charge is 2.21. The second kappa shape index (κ2) is 7.77. The summed E-state index contributed by atoms with van der Waals surface area (Å²) in [7, 11) is 0. The molecule has 1 fully saturated rings. The SMILES string of the molecule is Cc1ccccc1CN1CCC(NC(=O)c2ccc(Cl)nc2)CC1. The van der Waals surface area contributed by atoms with Gasteiger partial charge < -0.3 is 5.32 Å². The van der Waals surface area contributed by atoms with Crippen LogP contribution in [0.3, 0.4) is 0 Å². The lowest BCUT2D eigenvalue weighted by atomic mass is 10.0. The lowest BCUT2D eigenvalue weighted by Crippen LogP contribution is -2.44. The Morgan fingerprint density at radius 3 is 2.67 bits per heavy atom. The van der Waals surface area contributed by atoms with Crippen molar-refractivity contribution in [1.82, 2.24) is 15.2 Å². The van der Waals surface area contributed by atoms with Gasteiger partial charge in [-0.1, -0.05) is 35.9 Å². The highest BCUT2D eigenvalue weighted by molar-refractivity contribution is 6.29. The number of halogens is 1. The second-order valence-electron chi connectivity index (χ2n) is 6.32. The summed E-state index contributed by atoms with van der Waals surface area (Å²) in [5.74, 6) is -0.0727. The van der Waals surface area contributed by atoms with E-state index in [1.807, 2.05) is 0 Å². The van der Waals surface area contributed by atoms with E-state index in [2.05, 4.69) is 46.4 Å². The maximum absolute atomic E-state index is 12.2. The van der Waals surface area contributed by atoms with Gasteiger partial charge in [0, 0.05) is 31.9 Å². The van der Waals surface area contributed by atoms with E-state index < -0.39 is 0 Å². The van der Waals surface area contributed by atoms with Crippen molar-refractivity contribution < 1.29 is 4.79 Å². The quantitative estimate of drug-likeness (QED) is 0.865. The van der Waals surface area contributed by atoms with Crippen LogP contribution < -0.4 is 5.32 Å². The molecule has 2 aromatic rings. The van der Waals surface area contributed by atoms with Crippen molar-refractivity contribution in [3.05, 3.63) is 64.4 Å². The molecule has 1 amide bonds. The number of carbonyl (C=O) groups excluding carboxylic acids is 1. The zero-order valence-corrected chi connectivity index (χ0v) is 14.6. The number of hydrogen-bond acceptors (Lipinski definition) is 3. The molecule has 3 rings (SSSR count). The molecule has 0 radical (unpaired) electrons. The van der Waals surface area contributed by atoms with Gasteiger partial charge in [0.25, 0.3) is 5.91 Å². The summed E-state index contributed by atoms with van der Waals surface area (Å²) in [6, 6.07) is 12.1. The molecule has 1 saturated heterocycles. The number of hydrogen-bond donors (Lipinski definition) is 1. The summed E-state index contributed by atoms with van der Waals surface area (Å²) in [6.45, 7) is 5.13. The predicted octanol–water partition coefficient (Wildman–Crippen LogP) is 3.44. The van der Waals surface area contributed by atoms with Gasteiger partial charge in [-0.25, -0.2) is 4.98 Å². The van der Waals surface area contributed by atoms with E-state index in [-0.39, 0.29) is 11.9 Å². The van der Waals surface area contributed by atoms with Crippen LogP contribution in [0, 0.1) is 6.92 Å². The van der Waals surface area contributed by atoms with Crippen LogP contribution in [0.4, 0.5) is 0 Å². The highest BCUT2D eigenvalue weighted by atomic mass is 35.5. The minimum atomic E-state index is -0.0727. The Bertz CT molecular complexity index is 694. The van der Waals surface area contributed by atoms with Crippen molar-refractivity contribution in [3.63, 3.8) is 0 Å². The van der Waals surface area contributed by atoms with Gasteiger partial charge in [0.15, 0.2) is 0 Å². The minimum Gasteiger partial charge on any atom is -0.349 e. The van der Waals surface area contributed by atoms with Crippen LogP contribution in [0.2, 0.25) is 5.15 Å². The smallest absolute Gasteiger partial charge is 0.253 e. The van der Waals surface area contributed by atoms with Gasteiger partial charge >= 0.3 is 0 Å². The number of likely N-dealkylation sites (tertiary alicyclic amines) is 1. The van der Waals surface area contributed by atoms with Crippen LogP contribution >= 0.6 is 11.6 Å². The Balaban J connectivity index is 1.49. The number of pyridine rings is 1. The standard InChI is InChI=1S/C19H22ClN3O/c1-14-4-2-3-5-16(14)13-23-10-8-17(9-11-23)22-19(24)15-6-7-18(20)21-12-15/h2-7,12,17H,8-11,13H2,1H3,(H,22,24). The van der Waals surface area contributed by atoms with E-state index in [9.17, 15) is 4.79 Å². The average molecular weight is 344 g/mol. The molecule has 126 valence electrons. The van der Waals surface area contributed by atoms with Gasteiger partial charge in [-0.15, -0.1) is 0 Å². The summed E-state index contributed by atoms with van der Waals surface area (Å²) in [5, 5.41) is 3.50. The summed E-state index contributed by atoms with van der Waals surface area (Å²) in [4.78, 5) is 18.6. The molecule has 2 heterocycles. The molecular formula is C19H22ClN3O. The fourth-order valence-electron chi connectivity index (χ4n) is 3.04. The third kappa shape index (κ3) is 4.34. The number of amides is 1. The monoisotopic (exact) mass is 343 g/mol. The van der Waals surface area contributed by atoms with E-state index in [0.717, 1.165) is 32.5 Å². The summed E-state index contributed by atoms with van der Waals surface area (Å²) < 4.78 is 0. The van der Waals surface area contributed by atoms with Gasteiger partial charge in [0.05, 0.1) is 5.56 Å². The van der Waals surface area contributed by atoms with Gasteiger partial charge in [-0.05, 0) is 43.0 Å². The van der Waals surface area contributed by atoms with Gasteiger partial charge in [0.1, 0.15) is 5.15 Å². The number of carbonyl (C=O) groups is 1. The molecule has 5 heteroatoms. The molecule has 1 aliphatic heterocycles. The first kappa shape index (κ1) is 16.9. The van der Waals surface area contributed by atoms with Gasteiger partial charge in [-0.3, -0.25) is 9.69 Å². The van der Waals surface area contributed by atoms with Crippen LogP contribution in [-0.4, -0.2) is 34.9 Å². The van der Waals surface area contributed by atoms with E-state index >= 15 is 0 Å². The Morgan fingerprint density at radius 1 is 1.25 bits per heavy atom. The van der Waals surface area contributed by atoms with Gasteiger partial charge in [0.2, 0.25) is 0 Å². The van der Waals surface area contributed by atoms with Crippen LogP contribution in [0.1, 0.15) is 34.3 Å². The first-order valence-electron chi connectivity index (χ1n) is 8.31. The second-order valence-corrected chi connectivity index (χ2v) is 6.71. The molecule has 0 spiro atoms. The number of piperidine rings is 1. The molecule has 0 atom stereocenters. The van der Waals surface area contributed by atoms with E-state index in [1.54, 1.807) is 12.1 Å². The molecule has 1 aromatic carbocycles. The van der Waals surface area contributed by atoms with Crippen LogP contribution in [0.15, 0.2) is 42.6 Å². The zero-order valence-electron chi connectivity index (χ0n) is 13.8. The molecular weight excluding hydrogens is 322 g/mol. The highest BCUT2D eigenvalue weighted by Crippen LogP contribution is 2.16. The fourth-order valence-corrected chi connectivity index (χ4v) is 3.15. The number of benzene rings is 1. The fraction of sp³-hybridized carbons (Fsp3) is 0.368. The molecule has 0 unspecified atom stereocenters. The number of rotatable bonds is 4. The molecule has 1 N–H and O–H groups in total. The van der Waals surface area contributed by atoms with Crippen molar-refractivity contribution in [1.29, 1.82) is 0 Å². The van der Waals surface area contributed by atoms with Gasteiger partial charge in [-0.2, -0.15) is 0 Å². The number of aryl methyl sites for hydroxylation is 1. The molecule has 4 nitrogen and oxygen atoms in total. The van der Waals surface area contributed by atoms with E-state index in [1.165, 1.54) is 17.3 Å². The molecule has 24 heavy (non-hydrogen) atoms. The van der Waals surface area contributed by atoms with Crippen LogP contribution in [0.5, 0.6) is 0 Å². The Hall–Kier alpha value is -1.91. The number of nitrogens with one attached hydrogen (secondary N) is 1. The zero-order chi connectivity index (χ0) is 16.9. The molecule has 0 saturated carbocycles. The third-order valence-electron chi connectivity index (χ3n) is 4.57. The summed E-state index contributed by atoms with van der Waals surface area (Å²) >= 11 is 5.75. The van der Waals surface area contributed by atoms with Crippen molar-refractivity contribution in [2.45, 2.75) is 32.4 Å². The van der Waals surface area contributed by atoms with Crippen LogP contribution in [-0.2, 0) is 6.54 Å². The number of aromatic nitrogens is 1. The molecule has 1 aromatic heterocycles. The Kier molecular flexibility index (Phi) is 5.48. The summed E-state index contributed by atoms with van der Waals surface area (Å²) in [6.07, 6.45) is 3.46. The maximum Gasteiger partial charge on any atom is 0.253 e. The van der Waals surface area contributed by atoms with Crippen molar-refractivity contribution >= 4 is 17.5 Å². The molecule has 0 bridgehead atoms. The first-order chi connectivity index (χ1) is 11.6. The van der Waals surface area contributed by atoms with Crippen molar-refractivity contribution in [3.8, 4) is 0 Å². The van der Waals surface area contributed by atoms with Crippen molar-refractivity contribution in [2.24, 2.45) is 0 Å². The lowest BCUT2D eigenvalue weighted by molar-refractivity contribution is 0.0908. The molecule has 1 aliphatic rings. The summed E-state index contributed by atoms with van der Waals surface area (Å²) in [5.41, 5.74) is 3.28. The lowest BCUT2D eigenvalue weighted by Gasteiger charge is -2.32. The maximum atomic E-state index is 12.2. The number of nitrogens with zero attached hydrogens (tertiary/aromatic N) is 2. The van der Waals surface area contributed by atoms with E-state index in [4.69, 9.17) is 11.6 Å². The Morgan fingerprint density at radius 2 is 2.00 bits per heavy atom. The van der Waals surface area contributed by atoms with Crippen molar-refractivity contribution in [2.75, 3.05) is 13.1 Å². The first-order valence-corrected chi connectivity index (χ1v) is 8.69. The largest absolute Gasteiger partial charge is 0.349 e. The Labute approximate surface area is 147 Å².